The van der Waals surface area contributed by atoms with Crippen LogP contribution in [0.5, 0.6) is 0 Å². The SMILES string of the molecule is CCN(C=N)c1ccccc1. The van der Waals surface area contributed by atoms with E-state index in [9.17, 15) is 0 Å². The second-order valence-electron chi connectivity index (χ2n) is 2.25. The highest BCUT2D eigenvalue weighted by atomic mass is 15.1. The maximum Gasteiger partial charge on any atom is 0.0861 e. The fourth-order valence-corrected chi connectivity index (χ4v) is 0.968. The average Bonchev–Trinajstić information content (AvgIpc) is 2.09. The molecule has 0 amide bonds. The zero-order valence-electron chi connectivity index (χ0n) is 6.62. The van der Waals surface area contributed by atoms with Crippen LogP contribution in [0, 0.1) is 5.41 Å². The smallest absolute Gasteiger partial charge is 0.0861 e. The van der Waals surface area contributed by atoms with Crippen LogP contribution >= 0.6 is 0 Å². The lowest BCUT2D eigenvalue weighted by atomic mass is 10.3. The Hall–Kier alpha value is -1.31. The van der Waals surface area contributed by atoms with E-state index in [1.165, 1.54) is 6.34 Å². The monoisotopic (exact) mass is 148 g/mol. The van der Waals surface area contributed by atoms with E-state index in [0.717, 1.165) is 12.2 Å². The van der Waals surface area contributed by atoms with Gasteiger partial charge in [0.1, 0.15) is 0 Å². The molecule has 0 bridgehead atoms. The largest absolute Gasteiger partial charge is 0.333 e. The van der Waals surface area contributed by atoms with Gasteiger partial charge in [-0.2, -0.15) is 0 Å². The van der Waals surface area contributed by atoms with Gasteiger partial charge in [0.05, 0.1) is 6.34 Å². The van der Waals surface area contributed by atoms with Crippen molar-refractivity contribution in [2.45, 2.75) is 6.92 Å². The second-order valence-corrected chi connectivity index (χ2v) is 2.25. The lowest BCUT2D eigenvalue weighted by molar-refractivity contribution is 1.07. The Labute approximate surface area is 67.0 Å². The van der Waals surface area contributed by atoms with E-state index in [1.807, 2.05) is 42.2 Å². The molecule has 0 heterocycles. The molecule has 58 valence electrons. The molecular formula is C9H12N2. The van der Waals surface area contributed by atoms with Crippen molar-refractivity contribution in [2.75, 3.05) is 11.4 Å². The molecule has 0 aromatic heterocycles. The van der Waals surface area contributed by atoms with Crippen molar-refractivity contribution in [1.29, 1.82) is 5.41 Å². The van der Waals surface area contributed by atoms with E-state index in [4.69, 9.17) is 5.41 Å². The van der Waals surface area contributed by atoms with Crippen LogP contribution in [-0.4, -0.2) is 12.9 Å². The van der Waals surface area contributed by atoms with Crippen LogP contribution in [0.4, 0.5) is 5.69 Å². The summed E-state index contributed by atoms with van der Waals surface area (Å²) in [6, 6.07) is 9.91. The molecular weight excluding hydrogens is 136 g/mol. The third-order valence-corrected chi connectivity index (χ3v) is 1.58. The molecule has 0 aliphatic carbocycles. The summed E-state index contributed by atoms with van der Waals surface area (Å²) in [6.07, 6.45) is 1.34. The van der Waals surface area contributed by atoms with Crippen LogP contribution in [-0.2, 0) is 0 Å². The molecule has 1 N–H and O–H groups in total. The van der Waals surface area contributed by atoms with Gasteiger partial charge in [-0.1, -0.05) is 18.2 Å². The Bertz CT molecular complexity index is 218. The van der Waals surface area contributed by atoms with Crippen LogP contribution < -0.4 is 4.90 Å². The normalized spacial score (nSPS) is 9.18. The topological polar surface area (TPSA) is 27.1 Å². The fourth-order valence-electron chi connectivity index (χ4n) is 0.968. The van der Waals surface area contributed by atoms with Crippen molar-refractivity contribution in [3.8, 4) is 0 Å². The second kappa shape index (κ2) is 3.76. The van der Waals surface area contributed by atoms with E-state index in [0.29, 0.717) is 0 Å². The zero-order valence-corrected chi connectivity index (χ0v) is 6.62. The summed E-state index contributed by atoms with van der Waals surface area (Å²) in [6.45, 7) is 2.87. The molecule has 1 aromatic carbocycles. The Kier molecular flexibility index (Phi) is 2.66. The Morgan fingerprint density at radius 1 is 1.36 bits per heavy atom. The number of rotatable bonds is 3. The van der Waals surface area contributed by atoms with Gasteiger partial charge in [-0.15, -0.1) is 0 Å². The zero-order chi connectivity index (χ0) is 8.10. The number of nitrogens with zero attached hydrogens (tertiary/aromatic N) is 1. The van der Waals surface area contributed by atoms with Crippen molar-refractivity contribution in [2.24, 2.45) is 0 Å². The van der Waals surface area contributed by atoms with Crippen LogP contribution in [0.15, 0.2) is 30.3 Å². The summed E-state index contributed by atoms with van der Waals surface area (Å²) in [5.74, 6) is 0. The molecule has 0 unspecified atom stereocenters. The first-order valence-electron chi connectivity index (χ1n) is 3.70. The lowest BCUT2D eigenvalue weighted by Crippen LogP contribution is -2.19. The van der Waals surface area contributed by atoms with Crippen LogP contribution in [0.1, 0.15) is 6.92 Å². The minimum atomic E-state index is 0.841. The number of anilines is 1. The van der Waals surface area contributed by atoms with E-state index in [2.05, 4.69) is 0 Å². The number of hydrogen-bond acceptors (Lipinski definition) is 1. The summed E-state index contributed by atoms with van der Waals surface area (Å²) in [5.41, 5.74) is 1.07. The highest BCUT2D eigenvalue weighted by Crippen LogP contribution is 2.09. The highest BCUT2D eigenvalue weighted by molar-refractivity contribution is 5.76. The fraction of sp³-hybridized carbons (Fsp3) is 0.222. The van der Waals surface area contributed by atoms with Gasteiger partial charge in [0.25, 0.3) is 0 Å². The van der Waals surface area contributed by atoms with Gasteiger partial charge in [0.2, 0.25) is 0 Å². The molecule has 0 saturated carbocycles. The third-order valence-electron chi connectivity index (χ3n) is 1.58. The molecule has 0 aliphatic heterocycles. The number of nitrogens with one attached hydrogen (secondary N) is 1. The van der Waals surface area contributed by atoms with Crippen molar-refractivity contribution < 1.29 is 0 Å². The van der Waals surface area contributed by atoms with Gasteiger partial charge in [0, 0.05) is 12.2 Å². The Balaban J connectivity index is 2.82. The Morgan fingerprint density at radius 2 is 2.00 bits per heavy atom. The van der Waals surface area contributed by atoms with Crippen LogP contribution in [0.2, 0.25) is 0 Å². The van der Waals surface area contributed by atoms with Gasteiger partial charge in [-0.05, 0) is 19.1 Å². The third kappa shape index (κ3) is 1.80. The summed E-state index contributed by atoms with van der Waals surface area (Å²) in [4.78, 5) is 1.88. The predicted molar refractivity (Wildman–Crippen MR) is 48.2 cm³/mol. The first-order chi connectivity index (χ1) is 5.38. The highest BCUT2D eigenvalue weighted by Gasteiger charge is 1.96. The Morgan fingerprint density at radius 3 is 2.45 bits per heavy atom. The molecule has 0 atom stereocenters. The van der Waals surface area contributed by atoms with Crippen molar-refractivity contribution in [1.82, 2.24) is 0 Å². The van der Waals surface area contributed by atoms with E-state index >= 15 is 0 Å². The minimum Gasteiger partial charge on any atom is -0.333 e. The summed E-state index contributed by atoms with van der Waals surface area (Å²) < 4.78 is 0. The molecule has 2 nitrogen and oxygen atoms in total. The van der Waals surface area contributed by atoms with Gasteiger partial charge in [0.15, 0.2) is 0 Å². The first kappa shape index (κ1) is 7.79. The van der Waals surface area contributed by atoms with Gasteiger partial charge in [-0.25, -0.2) is 0 Å². The minimum absolute atomic E-state index is 0.841. The standard InChI is InChI=1S/C9H12N2/c1-2-11(8-10)9-6-4-3-5-7-9/h3-8,10H,2H2,1H3. The van der Waals surface area contributed by atoms with Crippen molar-refractivity contribution in [3.63, 3.8) is 0 Å². The molecule has 1 aromatic rings. The molecule has 0 fully saturated rings. The van der Waals surface area contributed by atoms with Crippen LogP contribution in [0.25, 0.3) is 0 Å². The number of benzene rings is 1. The van der Waals surface area contributed by atoms with Gasteiger partial charge < -0.3 is 4.90 Å². The molecule has 0 aliphatic rings. The van der Waals surface area contributed by atoms with Crippen LogP contribution in [0.3, 0.4) is 0 Å². The molecule has 0 saturated heterocycles. The first-order valence-corrected chi connectivity index (χ1v) is 3.70. The molecule has 0 radical (unpaired) electrons. The van der Waals surface area contributed by atoms with E-state index in [-0.39, 0.29) is 0 Å². The molecule has 11 heavy (non-hydrogen) atoms. The summed E-state index contributed by atoms with van der Waals surface area (Å²) in [7, 11) is 0. The van der Waals surface area contributed by atoms with E-state index < -0.39 is 0 Å². The van der Waals surface area contributed by atoms with E-state index in [1.54, 1.807) is 0 Å². The predicted octanol–water partition coefficient (Wildman–Crippen LogP) is 2.12. The number of para-hydroxylation sites is 1. The average molecular weight is 148 g/mol. The molecule has 2 heteroatoms. The molecule has 1 rings (SSSR count). The van der Waals surface area contributed by atoms with Gasteiger partial charge >= 0.3 is 0 Å². The summed E-state index contributed by atoms with van der Waals surface area (Å²) >= 11 is 0. The summed E-state index contributed by atoms with van der Waals surface area (Å²) in [5, 5.41) is 7.10. The molecule has 0 spiro atoms. The maximum absolute atomic E-state index is 7.10. The van der Waals surface area contributed by atoms with Gasteiger partial charge in [-0.3, -0.25) is 5.41 Å². The maximum atomic E-state index is 7.10. The van der Waals surface area contributed by atoms with Crippen molar-refractivity contribution >= 4 is 12.0 Å². The number of hydrogen-bond donors (Lipinski definition) is 1. The van der Waals surface area contributed by atoms with Crippen molar-refractivity contribution in [3.05, 3.63) is 30.3 Å². The lowest BCUT2D eigenvalue weighted by Gasteiger charge is -2.15. The quantitative estimate of drug-likeness (QED) is 0.516.